The van der Waals surface area contributed by atoms with E-state index < -0.39 is 0 Å². The molecule has 25 heavy (non-hydrogen) atoms. The van der Waals surface area contributed by atoms with Gasteiger partial charge in [0.25, 0.3) is 0 Å². The lowest BCUT2D eigenvalue weighted by Gasteiger charge is -2.15. The minimum atomic E-state index is -0.318. The van der Waals surface area contributed by atoms with Crippen LogP contribution in [0.3, 0.4) is 0 Å². The predicted octanol–water partition coefficient (Wildman–Crippen LogP) is 2.75. The number of hydrogen-bond acceptors (Lipinski definition) is 5. The molecule has 128 valence electrons. The number of nitrogens with one attached hydrogen (secondary N) is 1. The quantitative estimate of drug-likeness (QED) is 0.684. The van der Waals surface area contributed by atoms with Crippen LogP contribution < -0.4 is 11.1 Å². The second-order valence-corrected chi connectivity index (χ2v) is 6.41. The van der Waals surface area contributed by atoms with Gasteiger partial charge in [0, 0.05) is 5.39 Å². The van der Waals surface area contributed by atoms with E-state index in [9.17, 15) is 9.50 Å². The number of para-hydroxylation sites is 1. The maximum Gasteiger partial charge on any atom is 0.163 e. The fourth-order valence-electron chi connectivity index (χ4n) is 3.37. The number of hydrogen-bond donors (Lipinski definition) is 3. The highest BCUT2D eigenvalue weighted by atomic mass is 19.1. The van der Waals surface area contributed by atoms with E-state index >= 15 is 0 Å². The van der Waals surface area contributed by atoms with Crippen LogP contribution in [0.1, 0.15) is 18.2 Å². The third kappa shape index (κ3) is 2.94. The molecule has 0 saturated carbocycles. The molecular formula is C19H19FN4O. The minimum absolute atomic E-state index is 0.00884. The number of phenols is 1. The molecule has 1 aliphatic rings. The van der Waals surface area contributed by atoms with Crippen LogP contribution in [-0.4, -0.2) is 28.2 Å². The fraction of sp³-hybridized carbons (Fsp3) is 0.263. The van der Waals surface area contributed by atoms with Crippen molar-refractivity contribution in [3.63, 3.8) is 0 Å². The minimum Gasteiger partial charge on any atom is -0.507 e. The van der Waals surface area contributed by atoms with Gasteiger partial charge in [-0.2, -0.15) is 0 Å². The van der Waals surface area contributed by atoms with E-state index in [1.165, 1.54) is 12.1 Å². The third-order valence-corrected chi connectivity index (χ3v) is 4.72. The molecular weight excluding hydrogens is 319 g/mol. The highest BCUT2D eigenvalue weighted by Gasteiger charge is 2.28. The summed E-state index contributed by atoms with van der Waals surface area (Å²) in [7, 11) is 0. The van der Waals surface area contributed by atoms with Crippen LogP contribution in [0.15, 0.2) is 42.5 Å². The molecule has 0 aliphatic carbocycles. The number of benzene rings is 2. The molecule has 1 saturated heterocycles. The number of phenolic OH excluding ortho intramolecular Hbond substituents is 1. The lowest BCUT2D eigenvalue weighted by Crippen LogP contribution is -2.18. The Balaban J connectivity index is 1.90. The molecule has 0 radical (unpaired) electrons. The summed E-state index contributed by atoms with van der Waals surface area (Å²) in [6, 6.07) is 11.4. The van der Waals surface area contributed by atoms with Crippen LogP contribution in [0.2, 0.25) is 0 Å². The van der Waals surface area contributed by atoms with Gasteiger partial charge >= 0.3 is 0 Å². The van der Waals surface area contributed by atoms with Gasteiger partial charge in [0.1, 0.15) is 11.6 Å². The first-order valence-electron chi connectivity index (χ1n) is 8.34. The number of fused-ring (bicyclic) bond motifs is 1. The zero-order valence-corrected chi connectivity index (χ0v) is 13.6. The van der Waals surface area contributed by atoms with E-state index in [0.717, 1.165) is 18.7 Å². The molecule has 1 aromatic heterocycles. The first-order valence-corrected chi connectivity index (χ1v) is 8.34. The molecule has 1 fully saturated rings. The molecule has 6 heteroatoms. The zero-order chi connectivity index (χ0) is 17.4. The highest BCUT2D eigenvalue weighted by Crippen LogP contribution is 2.34. The van der Waals surface area contributed by atoms with Crippen molar-refractivity contribution >= 4 is 10.9 Å². The molecule has 0 bridgehead atoms. The van der Waals surface area contributed by atoms with Gasteiger partial charge in [0.2, 0.25) is 0 Å². The Kier molecular flexibility index (Phi) is 4.07. The third-order valence-electron chi connectivity index (χ3n) is 4.72. The summed E-state index contributed by atoms with van der Waals surface area (Å²) >= 11 is 0. The average molecular weight is 338 g/mol. The van der Waals surface area contributed by atoms with Crippen molar-refractivity contribution in [1.82, 2.24) is 15.3 Å². The van der Waals surface area contributed by atoms with Crippen molar-refractivity contribution < 1.29 is 9.50 Å². The number of nitrogens with zero attached hydrogens (tertiary/aromatic N) is 2. The van der Waals surface area contributed by atoms with Gasteiger partial charge in [-0.1, -0.05) is 12.1 Å². The van der Waals surface area contributed by atoms with Crippen LogP contribution in [0.5, 0.6) is 5.75 Å². The van der Waals surface area contributed by atoms with Crippen molar-refractivity contribution in [2.75, 3.05) is 13.1 Å². The van der Waals surface area contributed by atoms with Gasteiger partial charge in [-0.25, -0.2) is 14.4 Å². The van der Waals surface area contributed by atoms with E-state index in [1.807, 2.05) is 6.07 Å². The van der Waals surface area contributed by atoms with E-state index in [-0.39, 0.29) is 17.6 Å². The first kappa shape index (κ1) is 15.9. The van der Waals surface area contributed by atoms with Crippen LogP contribution in [0, 0.1) is 11.7 Å². The summed E-state index contributed by atoms with van der Waals surface area (Å²) in [6.45, 7) is 1.42. The van der Waals surface area contributed by atoms with Crippen molar-refractivity contribution in [1.29, 1.82) is 0 Å². The number of halogens is 1. The summed E-state index contributed by atoms with van der Waals surface area (Å²) < 4.78 is 13.8. The topological polar surface area (TPSA) is 84.1 Å². The maximum absolute atomic E-state index is 13.8. The summed E-state index contributed by atoms with van der Waals surface area (Å²) in [5.41, 5.74) is 7.75. The Bertz CT molecular complexity index is 930. The van der Waals surface area contributed by atoms with Gasteiger partial charge in [-0.3, -0.25) is 0 Å². The molecule has 0 amide bonds. The molecule has 4 N–H and O–H groups in total. The predicted molar refractivity (Wildman–Crippen MR) is 94.5 cm³/mol. The standard InChI is InChI=1S/C19H19FN4O/c20-12-5-6-15-14(8-12)18(16-7-11(9-21)10-22-16)24-19(23-15)13-3-1-2-4-17(13)25/h1-6,8,11,16,22,25H,7,9-10,21H2. The zero-order valence-electron chi connectivity index (χ0n) is 13.6. The SMILES string of the molecule is NCC1CNC(c2nc(-c3ccccc3O)nc3ccc(F)cc23)C1. The van der Waals surface area contributed by atoms with E-state index in [4.69, 9.17) is 5.73 Å². The first-order chi connectivity index (χ1) is 12.2. The molecule has 5 nitrogen and oxygen atoms in total. The second-order valence-electron chi connectivity index (χ2n) is 6.41. The van der Waals surface area contributed by atoms with Crippen LogP contribution in [0.4, 0.5) is 4.39 Å². The highest BCUT2D eigenvalue weighted by molar-refractivity contribution is 5.84. The van der Waals surface area contributed by atoms with Crippen LogP contribution in [-0.2, 0) is 0 Å². The Morgan fingerprint density at radius 1 is 1.20 bits per heavy atom. The van der Waals surface area contributed by atoms with Crippen molar-refractivity contribution in [3.8, 4) is 17.1 Å². The monoisotopic (exact) mass is 338 g/mol. The molecule has 4 rings (SSSR count). The van der Waals surface area contributed by atoms with E-state index in [1.54, 1.807) is 24.3 Å². The Hall–Kier alpha value is -2.57. The normalized spacial score (nSPS) is 20.2. The lowest BCUT2D eigenvalue weighted by atomic mass is 10.0. The van der Waals surface area contributed by atoms with E-state index in [0.29, 0.717) is 34.8 Å². The van der Waals surface area contributed by atoms with Gasteiger partial charge < -0.3 is 16.2 Å². The van der Waals surface area contributed by atoms with Gasteiger partial charge in [-0.05, 0) is 55.8 Å². The molecule has 2 heterocycles. The van der Waals surface area contributed by atoms with Gasteiger partial charge in [0.15, 0.2) is 5.82 Å². The Labute approximate surface area is 144 Å². The van der Waals surface area contributed by atoms with Crippen LogP contribution >= 0.6 is 0 Å². The van der Waals surface area contributed by atoms with Crippen molar-refractivity contribution in [3.05, 3.63) is 54.0 Å². The van der Waals surface area contributed by atoms with Crippen LogP contribution in [0.25, 0.3) is 22.3 Å². The van der Waals surface area contributed by atoms with Gasteiger partial charge in [0.05, 0.1) is 22.8 Å². The molecule has 3 aromatic rings. The second kappa shape index (κ2) is 6.38. The van der Waals surface area contributed by atoms with E-state index in [2.05, 4.69) is 15.3 Å². The number of aromatic nitrogens is 2. The Morgan fingerprint density at radius 3 is 2.80 bits per heavy atom. The molecule has 1 aliphatic heterocycles. The summed E-state index contributed by atoms with van der Waals surface area (Å²) in [5, 5.41) is 14.3. The van der Waals surface area contributed by atoms with Crippen molar-refractivity contribution in [2.24, 2.45) is 11.7 Å². The molecule has 2 unspecified atom stereocenters. The lowest BCUT2D eigenvalue weighted by molar-refractivity contribution is 0.477. The number of aromatic hydroxyl groups is 1. The molecule has 0 spiro atoms. The number of nitrogens with two attached hydrogens (primary N) is 1. The largest absolute Gasteiger partial charge is 0.507 e. The smallest absolute Gasteiger partial charge is 0.163 e. The Morgan fingerprint density at radius 2 is 2.04 bits per heavy atom. The summed E-state index contributed by atoms with van der Waals surface area (Å²) in [6.07, 6.45) is 0.847. The number of rotatable bonds is 3. The fourth-order valence-corrected chi connectivity index (χ4v) is 3.37. The maximum atomic E-state index is 13.8. The van der Waals surface area contributed by atoms with Gasteiger partial charge in [-0.15, -0.1) is 0 Å². The summed E-state index contributed by atoms with van der Waals surface area (Å²) in [5.74, 6) is 0.609. The molecule has 2 atom stereocenters. The van der Waals surface area contributed by atoms with Crippen molar-refractivity contribution in [2.45, 2.75) is 12.5 Å². The molecule has 2 aromatic carbocycles. The summed E-state index contributed by atoms with van der Waals surface area (Å²) in [4.78, 5) is 9.21. The average Bonchev–Trinajstić information content (AvgIpc) is 3.10.